The molecule has 5 nitrogen and oxygen atoms in total. The second-order valence-corrected chi connectivity index (χ2v) is 5.45. The number of carbonyl (C=O) groups is 2. The maximum Gasteiger partial charge on any atom is 0.340 e. The number of hydrogen-bond acceptors (Lipinski definition) is 4. The molecular formula is C17H18ClNO4. The van der Waals surface area contributed by atoms with Gasteiger partial charge >= 0.3 is 5.97 Å². The van der Waals surface area contributed by atoms with Crippen LogP contribution in [0.15, 0.2) is 41.1 Å². The highest BCUT2D eigenvalue weighted by molar-refractivity contribution is 6.30. The fraction of sp³-hybridized carbons (Fsp3) is 0.294. The molecule has 6 heteroatoms. The maximum absolute atomic E-state index is 12.7. The van der Waals surface area contributed by atoms with Gasteiger partial charge in [-0.3, -0.25) is 4.79 Å². The Hall–Kier alpha value is -2.11. The molecule has 0 saturated carbocycles. The zero-order valence-electron chi connectivity index (χ0n) is 13.3. The number of halogens is 1. The zero-order valence-corrected chi connectivity index (χ0v) is 14.0. The van der Waals surface area contributed by atoms with Crippen LogP contribution in [0.1, 0.15) is 12.5 Å². The largest absolute Gasteiger partial charge is 0.465 e. The summed E-state index contributed by atoms with van der Waals surface area (Å²) < 4.78 is 9.85. The lowest BCUT2D eigenvalue weighted by molar-refractivity contribution is -0.136. The van der Waals surface area contributed by atoms with E-state index in [2.05, 4.69) is 0 Å². The van der Waals surface area contributed by atoms with E-state index < -0.39 is 5.97 Å². The van der Waals surface area contributed by atoms with Gasteiger partial charge in [-0.25, -0.2) is 4.79 Å². The molecule has 1 aromatic rings. The molecule has 0 N–H and O–H groups in total. The van der Waals surface area contributed by atoms with Crippen LogP contribution in [-0.2, 0) is 19.1 Å². The molecule has 0 spiro atoms. The van der Waals surface area contributed by atoms with Crippen molar-refractivity contribution < 1.29 is 19.1 Å². The van der Waals surface area contributed by atoms with E-state index in [9.17, 15) is 9.59 Å². The van der Waals surface area contributed by atoms with Gasteiger partial charge in [0.15, 0.2) is 0 Å². The molecule has 0 bridgehead atoms. The highest BCUT2D eigenvalue weighted by Gasteiger charge is 2.36. The van der Waals surface area contributed by atoms with Crippen molar-refractivity contribution in [2.75, 3.05) is 27.4 Å². The van der Waals surface area contributed by atoms with E-state index in [0.29, 0.717) is 29.4 Å². The number of nitrogens with zero attached hydrogens (tertiary/aromatic N) is 1. The molecule has 1 aromatic carbocycles. The summed E-state index contributed by atoms with van der Waals surface area (Å²) in [5.74, 6) is -0.772. The normalized spacial score (nSPS) is 16.4. The molecule has 0 aliphatic carbocycles. The first-order valence-corrected chi connectivity index (χ1v) is 7.45. The molecule has 23 heavy (non-hydrogen) atoms. The van der Waals surface area contributed by atoms with E-state index in [1.807, 2.05) is 0 Å². The maximum atomic E-state index is 12.7. The molecule has 0 unspecified atom stereocenters. The van der Waals surface area contributed by atoms with Gasteiger partial charge in [-0.05, 0) is 30.7 Å². The lowest BCUT2D eigenvalue weighted by atomic mass is 10.0. The summed E-state index contributed by atoms with van der Waals surface area (Å²) >= 11 is 5.87. The van der Waals surface area contributed by atoms with Gasteiger partial charge in [0.05, 0.1) is 24.9 Å². The van der Waals surface area contributed by atoms with Crippen LogP contribution in [0.4, 0.5) is 0 Å². The smallest absolute Gasteiger partial charge is 0.340 e. The van der Waals surface area contributed by atoms with Crippen molar-refractivity contribution in [3.8, 4) is 0 Å². The lowest BCUT2D eigenvalue weighted by Crippen LogP contribution is -2.28. The summed E-state index contributed by atoms with van der Waals surface area (Å²) in [5, 5.41) is 0.603. The second kappa shape index (κ2) is 7.44. The average molecular weight is 336 g/mol. The van der Waals surface area contributed by atoms with Crippen LogP contribution in [0.25, 0.3) is 6.08 Å². The van der Waals surface area contributed by atoms with Gasteiger partial charge in [-0.1, -0.05) is 23.7 Å². The number of ether oxygens (including phenoxy) is 2. The molecule has 2 rings (SSSR count). The van der Waals surface area contributed by atoms with Gasteiger partial charge in [0, 0.05) is 24.4 Å². The fourth-order valence-electron chi connectivity index (χ4n) is 2.41. The number of carbonyl (C=O) groups excluding carboxylic acids is 2. The van der Waals surface area contributed by atoms with Gasteiger partial charge in [0.2, 0.25) is 0 Å². The zero-order chi connectivity index (χ0) is 17.0. The van der Waals surface area contributed by atoms with Crippen LogP contribution in [0.5, 0.6) is 0 Å². The van der Waals surface area contributed by atoms with Gasteiger partial charge < -0.3 is 14.4 Å². The molecule has 122 valence electrons. The van der Waals surface area contributed by atoms with Crippen molar-refractivity contribution in [1.29, 1.82) is 0 Å². The Labute approximate surface area is 140 Å². The third kappa shape index (κ3) is 3.63. The highest BCUT2D eigenvalue weighted by atomic mass is 35.5. The number of rotatable bonds is 5. The van der Waals surface area contributed by atoms with Crippen LogP contribution >= 0.6 is 11.6 Å². The molecule has 1 heterocycles. The Morgan fingerprint density at radius 1 is 1.26 bits per heavy atom. The molecule has 1 aliphatic rings. The molecule has 0 radical (unpaired) electrons. The molecule has 0 saturated heterocycles. The molecule has 1 amide bonds. The van der Waals surface area contributed by atoms with Crippen LogP contribution in [-0.4, -0.2) is 44.1 Å². The SMILES string of the molecule is COCCN1C(=O)/C(=C/c2ccc(Cl)cc2)C(C(=O)OC)=C1C. The van der Waals surface area contributed by atoms with E-state index >= 15 is 0 Å². The van der Waals surface area contributed by atoms with Crippen molar-refractivity contribution in [1.82, 2.24) is 4.90 Å². The van der Waals surface area contributed by atoms with Crippen molar-refractivity contribution in [3.63, 3.8) is 0 Å². The van der Waals surface area contributed by atoms with Gasteiger partial charge in [0.1, 0.15) is 0 Å². The summed E-state index contributed by atoms with van der Waals surface area (Å²) in [6.45, 7) is 2.48. The molecule has 0 fully saturated rings. The van der Waals surface area contributed by atoms with Crippen LogP contribution in [0, 0.1) is 0 Å². The third-order valence-corrected chi connectivity index (χ3v) is 3.85. The topological polar surface area (TPSA) is 55.8 Å². The monoisotopic (exact) mass is 335 g/mol. The average Bonchev–Trinajstić information content (AvgIpc) is 2.77. The Balaban J connectivity index is 2.45. The van der Waals surface area contributed by atoms with Crippen molar-refractivity contribution in [2.45, 2.75) is 6.92 Å². The summed E-state index contributed by atoms with van der Waals surface area (Å²) in [6, 6.07) is 7.02. The highest BCUT2D eigenvalue weighted by Crippen LogP contribution is 2.31. The van der Waals surface area contributed by atoms with Crippen LogP contribution < -0.4 is 0 Å². The van der Waals surface area contributed by atoms with E-state index in [4.69, 9.17) is 21.1 Å². The lowest BCUT2D eigenvalue weighted by Gasteiger charge is -2.16. The predicted molar refractivity (Wildman–Crippen MR) is 87.7 cm³/mol. The first-order chi connectivity index (χ1) is 11.0. The third-order valence-electron chi connectivity index (χ3n) is 3.60. The fourth-order valence-corrected chi connectivity index (χ4v) is 2.53. The Morgan fingerprint density at radius 3 is 2.48 bits per heavy atom. The van der Waals surface area contributed by atoms with Crippen LogP contribution in [0.3, 0.4) is 0 Å². The number of amides is 1. The van der Waals surface area contributed by atoms with E-state index in [1.165, 1.54) is 12.0 Å². The van der Waals surface area contributed by atoms with Crippen LogP contribution in [0.2, 0.25) is 5.02 Å². The minimum Gasteiger partial charge on any atom is -0.465 e. The predicted octanol–water partition coefficient (Wildman–Crippen LogP) is 2.66. The van der Waals surface area contributed by atoms with Crippen molar-refractivity contribution in [3.05, 3.63) is 51.7 Å². The first-order valence-electron chi connectivity index (χ1n) is 7.07. The summed E-state index contributed by atoms with van der Waals surface area (Å²) in [6.07, 6.45) is 1.67. The number of benzene rings is 1. The number of hydrogen-bond donors (Lipinski definition) is 0. The molecular weight excluding hydrogens is 318 g/mol. The standard InChI is InChI=1S/C17H18ClNO4/c1-11-15(17(21)23-3)14(16(20)19(11)8-9-22-2)10-12-4-6-13(18)7-5-12/h4-7,10H,8-9H2,1-3H3/b14-10+. The number of methoxy groups -OCH3 is 2. The molecule has 0 atom stereocenters. The first kappa shape index (κ1) is 17.2. The summed E-state index contributed by atoms with van der Waals surface area (Å²) in [5.41, 5.74) is 1.94. The summed E-state index contributed by atoms with van der Waals surface area (Å²) in [4.78, 5) is 26.3. The minimum absolute atomic E-state index is 0.241. The quantitative estimate of drug-likeness (QED) is 0.613. The second-order valence-electron chi connectivity index (χ2n) is 5.01. The molecule has 1 aliphatic heterocycles. The van der Waals surface area contributed by atoms with Gasteiger partial charge in [0.25, 0.3) is 5.91 Å². The number of esters is 1. The van der Waals surface area contributed by atoms with Crippen molar-refractivity contribution >= 4 is 29.6 Å². The summed E-state index contributed by atoms with van der Waals surface area (Å²) in [7, 11) is 2.86. The van der Waals surface area contributed by atoms with E-state index in [-0.39, 0.29) is 11.5 Å². The van der Waals surface area contributed by atoms with E-state index in [0.717, 1.165) is 5.56 Å². The Bertz CT molecular complexity index is 676. The Morgan fingerprint density at radius 2 is 1.91 bits per heavy atom. The minimum atomic E-state index is -0.531. The van der Waals surface area contributed by atoms with Gasteiger partial charge in [-0.15, -0.1) is 0 Å². The number of allylic oxidation sites excluding steroid dienone is 1. The Kier molecular flexibility index (Phi) is 5.58. The van der Waals surface area contributed by atoms with Crippen molar-refractivity contribution in [2.24, 2.45) is 0 Å². The molecule has 0 aromatic heterocycles. The van der Waals surface area contributed by atoms with E-state index in [1.54, 1.807) is 44.4 Å². The van der Waals surface area contributed by atoms with Gasteiger partial charge in [-0.2, -0.15) is 0 Å².